The standard InChI is InChI=1S/C11H11Cl2NO4/c1-6(11(16)17-5-10(14)15)18-9-3-2-7(12)4-8(9)13/h2-4,6H,5H2,1H3,(H2,14,15). The predicted octanol–water partition coefficient (Wildman–Crippen LogP) is 1.79. The predicted molar refractivity (Wildman–Crippen MR) is 66.7 cm³/mol. The first-order valence-electron chi connectivity index (χ1n) is 4.97. The Morgan fingerprint density at radius 3 is 2.61 bits per heavy atom. The minimum absolute atomic E-state index is 0.275. The van der Waals surface area contributed by atoms with Gasteiger partial charge in [-0.15, -0.1) is 0 Å². The quantitative estimate of drug-likeness (QED) is 0.839. The molecule has 0 heterocycles. The molecule has 0 saturated carbocycles. The molecule has 2 N–H and O–H groups in total. The second-order valence-corrected chi connectivity index (χ2v) is 4.25. The number of ether oxygens (including phenoxy) is 2. The van der Waals surface area contributed by atoms with E-state index in [0.717, 1.165) is 0 Å². The Hall–Kier alpha value is -1.46. The minimum Gasteiger partial charge on any atom is -0.477 e. The van der Waals surface area contributed by atoms with E-state index in [9.17, 15) is 9.59 Å². The van der Waals surface area contributed by atoms with Gasteiger partial charge in [0.05, 0.1) is 5.02 Å². The Balaban J connectivity index is 2.60. The number of primary amides is 1. The van der Waals surface area contributed by atoms with Crippen LogP contribution >= 0.6 is 23.2 Å². The molecule has 0 saturated heterocycles. The average Bonchev–Trinajstić information content (AvgIpc) is 2.29. The fraction of sp³-hybridized carbons (Fsp3) is 0.273. The summed E-state index contributed by atoms with van der Waals surface area (Å²) >= 11 is 11.6. The Kier molecular flexibility index (Phi) is 5.25. The smallest absolute Gasteiger partial charge is 0.347 e. The van der Waals surface area contributed by atoms with E-state index in [0.29, 0.717) is 10.8 Å². The third-order valence-corrected chi connectivity index (χ3v) is 2.42. The molecule has 0 bridgehead atoms. The molecule has 1 aromatic carbocycles. The Morgan fingerprint density at radius 1 is 1.39 bits per heavy atom. The number of halogens is 2. The summed E-state index contributed by atoms with van der Waals surface area (Å²) in [6, 6.07) is 4.59. The van der Waals surface area contributed by atoms with Crippen LogP contribution in [-0.2, 0) is 14.3 Å². The Labute approximate surface area is 114 Å². The summed E-state index contributed by atoms with van der Waals surface area (Å²) in [7, 11) is 0. The third-order valence-electron chi connectivity index (χ3n) is 1.89. The first-order valence-corrected chi connectivity index (χ1v) is 5.72. The number of benzene rings is 1. The molecule has 0 radical (unpaired) electrons. The number of hydrogen-bond acceptors (Lipinski definition) is 4. The fourth-order valence-corrected chi connectivity index (χ4v) is 1.52. The van der Waals surface area contributed by atoms with Crippen molar-refractivity contribution in [2.24, 2.45) is 5.73 Å². The van der Waals surface area contributed by atoms with Crippen LogP contribution in [0.5, 0.6) is 5.75 Å². The topological polar surface area (TPSA) is 78.6 Å². The van der Waals surface area contributed by atoms with Gasteiger partial charge in [0.2, 0.25) is 0 Å². The molecule has 0 spiro atoms. The van der Waals surface area contributed by atoms with Gasteiger partial charge >= 0.3 is 5.97 Å². The highest BCUT2D eigenvalue weighted by atomic mass is 35.5. The van der Waals surface area contributed by atoms with Gasteiger partial charge in [-0.25, -0.2) is 4.79 Å². The van der Waals surface area contributed by atoms with Gasteiger partial charge in [-0.1, -0.05) is 23.2 Å². The van der Waals surface area contributed by atoms with E-state index in [1.165, 1.54) is 19.1 Å². The highest BCUT2D eigenvalue weighted by Crippen LogP contribution is 2.28. The van der Waals surface area contributed by atoms with Crippen LogP contribution < -0.4 is 10.5 Å². The van der Waals surface area contributed by atoms with Crippen LogP contribution in [-0.4, -0.2) is 24.6 Å². The normalized spacial score (nSPS) is 11.7. The maximum absolute atomic E-state index is 11.4. The molecule has 1 unspecified atom stereocenters. The largest absolute Gasteiger partial charge is 0.477 e. The maximum Gasteiger partial charge on any atom is 0.347 e. The Morgan fingerprint density at radius 2 is 2.06 bits per heavy atom. The SMILES string of the molecule is CC(Oc1ccc(Cl)cc1Cl)C(=O)OCC(N)=O. The maximum atomic E-state index is 11.4. The molecule has 1 rings (SSSR count). The molecule has 0 aliphatic rings. The van der Waals surface area contributed by atoms with Gasteiger partial charge in [-0.2, -0.15) is 0 Å². The summed E-state index contributed by atoms with van der Waals surface area (Å²) in [5.41, 5.74) is 4.84. The molecule has 0 fully saturated rings. The number of hydrogen-bond donors (Lipinski definition) is 1. The fourth-order valence-electron chi connectivity index (χ4n) is 1.07. The van der Waals surface area contributed by atoms with E-state index in [-0.39, 0.29) is 5.02 Å². The lowest BCUT2D eigenvalue weighted by Crippen LogP contribution is -2.30. The number of amides is 1. The van der Waals surface area contributed by atoms with Crippen molar-refractivity contribution in [3.05, 3.63) is 28.2 Å². The van der Waals surface area contributed by atoms with E-state index in [1.807, 2.05) is 0 Å². The van der Waals surface area contributed by atoms with Crippen molar-refractivity contribution in [1.82, 2.24) is 0 Å². The van der Waals surface area contributed by atoms with Crippen LogP contribution in [0.25, 0.3) is 0 Å². The summed E-state index contributed by atoms with van der Waals surface area (Å²) < 4.78 is 9.87. The van der Waals surface area contributed by atoms with Crippen LogP contribution in [0.3, 0.4) is 0 Å². The van der Waals surface area contributed by atoms with E-state index < -0.39 is 24.6 Å². The summed E-state index contributed by atoms with van der Waals surface area (Å²) in [4.78, 5) is 21.9. The number of nitrogens with two attached hydrogens (primary N) is 1. The summed E-state index contributed by atoms with van der Waals surface area (Å²) in [5.74, 6) is -1.15. The zero-order valence-electron chi connectivity index (χ0n) is 9.48. The lowest BCUT2D eigenvalue weighted by atomic mass is 10.3. The first kappa shape index (κ1) is 14.6. The van der Waals surface area contributed by atoms with E-state index in [2.05, 4.69) is 4.74 Å². The molecule has 5 nitrogen and oxygen atoms in total. The van der Waals surface area contributed by atoms with Crippen molar-refractivity contribution in [3.8, 4) is 5.75 Å². The monoisotopic (exact) mass is 291 g/mol. The van der Waals surface area contributed by atoms with Gasteiger partial charge in [0.1, 0.15) is 5.75 Å². The minimum atomic E-state index is -0.914. The number of carbonyl (C=O) groups is 2. The lowest BCUT2D eigenvalue weighted by molar-refractivity contribution is -0.154. The van der Waals surface area contributed by atoms with Crippen LogP contribution in [0.2, 0.25) is 10.0 Å². The molecule has 0 aromatic heterocycles. The molecule has 7 heteroatoms. The van der Waals surface area contributed by atoms with Gasteiger partial charge in [-0.05, 0) is 25.1 Å². The lowest BCUT2D eigenvalue weighted by Gasteiger charge is -2.14. The van der Waals surface area contributed by atoms with Crippen molar-refractivity contribution in [2.45, 2.75) is 13.0 Å². The second-order valence-electron chi connectivity index (χ2n) is 3.41. The molecule has 1 atom stereocenters. The number of esters is 1. The molecule has 1 aromatic rings. The highest BCUT2D eigenvalue weighted by molar-refractivity contribution is 6.35. The van der Waals surface area contributed by atoms with Gasteiger partial charge in [0.25, 0.3) is 5.91 Å². The van der Waals surface area contributed by atoms with E-state index >= 15 is 0 Å². The molecule has 98 valence electrons. The summed E-state index contributed by atoms with van der Waals surface area (Å²) in [6.07, 6.45) is -0.914. The van der Waals surface area contributed by atoms with Crippen molar-refractivity contribution in [2.75, 3.05) is 6.61 Å². The first-order chi connectivity index (χ1) is 8.40. The Bertz CT molecular complexity index is 464. The molecule has 1 amide bonds. The van der Waals surface area contributed by atoms with Crippen LogP contribution in [0.4, 0.5) is 0 Å². The summed E-state index contributed by atoms with van der Waals surface area (Å²) in [5, 5.41) is 0.730. The van der Waals surface area contributed by atoms with E-state index in [4.69, 9.17) is 33.7 Å². The van der Waals surface area contributed by atoms with Gasteiger partial charge in [-0.3, -0.25) is 4.79 Å². The summed E-state index contributed by atoms with van der Waals surface area (Å²) in [6.45, 7) is 0.981. The molecule has 0 aliphatic carbocycles. The van der Waals surface area contributed by atoms with Crippen molar-refractivity contribution in [3.63, 3.8) is 0 Å². The van der Waals surface area contributed by atoms with Crippen molar-refractivity contribution in [1.29, 1.82) is 0 Å². The van der Waals surface area contributed by atoms with E-state index in [1.54, 1.807) is 6.07 Å². The van der Waals surface area contributed by atoms with Crippen molar-refractivity contribution >= 4 is 35.1 Å². The second kappa shape index (κ2) is 6.47. The van der Waals surface area contributed by atoms with Gasteiger partial charge in [0.15, 0.2) is 12.7 Å². The molecular weight excluding hydrogens is 281 g/mol. The van der Waals surface area contributed by atoms with Crippen LogP contribution in [0.1, 0.15) is 6.92 Å². The van der Waals surface area contributed by atoms with Crippen LogP contribution in [0.15, 0.2) is 18.2 Å². The molecular formula is C11H11Cl2NO4. The average molecular weight is 292 g/mol. The number of carbonyl (C=O) groups excluding carboxylic acids is 2. The highest BCUT2D eigenvalue weighted by Gasteiger charge is 2.18. The number of rotatable bonds is 5. The zero-order chi connectivity index (χ0) is 13.7. The van der Waals surface area contributed by atoms with Gasteiger partial charge in [0, 0.05) is 5.02 Å². The third kappa shape index (κ3) is 4.43. The molecule has 18 heavy (non-hydrogen) atoms. The van der Waals surface area contributed by atoms with Gasteiger partial charge < -0.3 is 15.2 Å². The van der Waals surface area contributed by atoms with Crippen LogP contribution in [0, 0.1) is 0 Å². The molecule has 0 aliphatic heterocycles. The zero-order valence-corrected chi connectivity index (χ0v) is 11.0. The van der Waals surface area contributed by atoms with Crippen molar-refractivity contribution < 1.29 is 19.1 Å².